The van der Waals surface area contributed by atoms with Crippen LogP contribution in [0.1, 0.15) is 150 Å². The zero-order chi connectivity index (χ0) is 43.0. The second-order valence-corrected chi connectivity index (χ2v) is 16.8. The maximum Gasteiger partial charge on any atom is 0.254 e. The predicted molar refractivity (Wildman–Crippen MR) is 234 cm³/mol. The van der Waals surface area contributed by atoms with E-state index in [9.17, 15) is 9.59 Å². The van der Waals surface area contributed by atoms with Crippen LogP contribution in [0.25, 0.3) is 0 Å². The number of piperidine rings is 2. The van der Waals surface area contributed by atoms with Crippen molar-refractivity contribution in [2.75, 3.05) is 55.9 Å². The molecule has 4 bridgehead atoms. The first-order chi connectivity index (χ1) is 29.2. The molecule has 0 unspecified atom stereocenters. The highest BCUT2D eigenvalue weighted by atomic mass is 16.5. The Morgan fingerprint density at radius 3 is 1.08 bits per heavy atom. The van der Waals surface area contributed by atoms with Gasteiger partial charge in [-0.3, -0.25) is 9.59 Å². The van der Waals surface area contributed by atoms with Crippen molar-refractivity contribution in [1.82, 2.24) is 9.80 Å². The van der Waals surface area contributed by atoms with Gasteiger partial charge < -0.3 is 47.7 Å². The van der Waals surface area contributed by atoms with E-state index in [1.807, 2.05) is 0 Å². The van der Waals surface area contributed by atoms with Crippen molar-refractivity contribution in [3.63, 3.8) is 0 Å². The lowest BCUT2D eigenvalue weighted by molar-refractivity contribution is -0.0495. The fourth-order valence-corrected chi connectivity index (χ4v) is 9.77. The van der Waals surface area contributed by atoms with Crippen LogP contribution in [0.5, 0.6) is 34.5 Å². The highest BCUT2D eigenvalue weighted by Gasteiger charge is 2.40. The molecule has 2 amide bonds. The predicted octanol–water partition coefficient (Wildman–Crippen LogP) is 9.67. The second kappa shape index (κ2) is 23.9. The third-order valence-electron chi connectivity index (χ3n) is 13.1. The quantitative estimate of drug-likeness (QED) is 0.255. The summed E-state index contributed by atoms with van der Waals surface area (Å²) in [6.07, 6.45) is 18.8. The highest BCUT2D eigenvalue weighted by Crippen LogP contribution is 2.41. The average Bonchev–Trinajstić information content (AvgIpc) is 3.27. The second-order valence-electron chi connectivity index (χ2n) is 16.8. The summed E-state index contributed by atoms with van der Waals surface area (Å²) in [5.41, 5.74) is 1.06. The van der Waals surface area contributed by atoms with Crippen LogP contribution in [0.3, 0.4) is 0 Å². The molecule has 0 aromatic heterocycles. The Balaban J connectivity index is 1.24. The summed E-state index contributed by atoms with van der Waals surface area (Å²) in [5, 5.41) is 0. The Morgan fingerprint density at radius 1 is 0.450 bits per heavy atom. The molecule has 6 aliphatic heterocycles. The van der Waals surface area contributed by atoms with Gasteiger partial charge in [-0.2, -0.15) is 0 Å². The molecule has 0 radical (unpaired) electrons. The van der Waals surface area contributed by atoms with E-state index in [2.05, 4.69) is 23.6 Å². The standard InChI is InChI=1S/C48H74N2O10/c1-33-39-25-23-37(49(33)47(51)35-29-41(53-3)45(57-7)42(30-35)54-4)21-17-13-9-12-16-20-28-60-40-26-24-38(22-18-14-10-11-15-19-27-59-39)50(34(40)2)48(52)36-31-43(55-5)46(58-8)44(32-36)56-6/h29-34,37-40H,9-28H2,1-8H3/t33-,34-,37+,38+,39-,40-/m0/s1. The Bertz CT molecular complexity index is 1480. The number of nitrogens with zero attached hydrogens (tertiary/aromatic N) is 2. The lowest BCUT2D eigenvalue weighted by atomic mass is 9.89. The number of amides is 2. The van der Waals surface area contributed by atoms with Gasteiger partial charge in [0.25, 0.3) is 11.8 Å². The van der Waals surface area contributed by atoms with Crippen molar-refractivity contribution in [1.29, 1.82) is 0 Å². The first-order valence-electron chi connectivity index (χ1n) is 22.7. The van der Waals surface area contributed by atoms with Crippen molar-refractivity contribution in [2.45, 2.75) is 166 Å². The van der Waals surface area contributed by atoms with Crippen LogP contribution >= 0.6 is 0 Å². The molecule has 2 aromatic rings. The van der Waals surface area contributed by atoms with Crippen molar-refractivity contribution >= 4 is 11.8 Å². The van der Waals surface area contributed by atoms with Crippen LogP contribution in [0.15, 0.2) is 24.3 Å². The molecule has 0 spiro atoms. The maximum absolute atomic E-state index is 14.4. The number of carbonyl (C=O) groups excluding carboxylic acids is 2. The van der Waals surface area contributed by atoms with Crippen molar-refractivity contribution in [2.24, 2.45) is 0 Å². The summed E-state index contributed by atoms with van der Waals surface area (Å²) in [5.74, 6) is 2.81. The lowest BCUT2D eigenvalue weighted by Crippen LogP contribution is -2.55. The minimum atomic E-state index is -0.0628. The molecule has 12 heteroatoms. The first kappa shape index (κ1) is 47.2. The van der Waals surface area contributed by atoms with Gasteiger partial charge in [-0.15, -0.1) is 0 Å². The van der Waals surface area contributed by atoms with Gasteiger partial charge in [-0.05, 0) is 89.5 Å². The zero-order valence-electron chi connectivity index (χ0n) is 37.9. The van der Waals surface area contributed by atoms with E-state index in [1.54, 1.807) is 66.9 Å². The topological polar surface area (TPSA) is 114 Å². The molecule has 6 fully saturated rings. The van der Waals surface area contributed by atoms with Crippen LogP contribution < -0.4 is 28.4 Å². The molecular formula is C48H74N2O10. The minimum Gasteiger partial charge on any atom is -0.493 e. The molecule has 2 aromatic carbocycles. The van der Waals surface area contributed by atoms with E-state index < -0.39 is 0 Å². The average molecular weight is 839 g/mol. The van der Waals surface area contributed by atoms with E-state index in [0.29, 0.717) is 58.8 Å². The Hall–Kier alpha value is -3.90. The molecule has 6 atom stereocenters. The minimum absolute atomic E-state index is 0.0174. The van der Waals surface area contributed by atoms with Crippen LogP contribution in [-0.2, 0) is 9.47 Å². The smallest absolute Gasteiger partial charge is 0.254 e. The Morgan fingerprint density at radius 2 is 0.767 bits per heavy atom. The molecule has 8 rings (SSSR count). The summed E-state index contributed by atoms with van der Waals surface area (Å²) < 4.78 is 46.7. The molecule has 6 saturated heterocycles. The van der Waals surface area contributed by atoms with E-state index in [-0.39, 0.29) is 48.2 Å². The van der Waals surface area contributed by atoms with E-state index >= 15 is 0 Å². The maximum atomic E-state index is 14.4. The fourth-order valence-electron chi connectivity index (χ4n) is 9.77. The van der Waals surface area contributed by atoms with Gasteiger partial charge in [-0.25, -0.2) is 0 Å². The van der Waals surface area contributed by atoms with Crippen LogP contribution in [-0.4, -0.2) is 114 Å². The fraction of sp³-hybridized carbons (Fsp3) is 0.708. The molecular weight excluding hydrogens is 765 g/mol. The zero-order valence-corrected chi connectivity index (χ0v) is 37.9. The van der Waals surface area contributed by atoms with Crippen molar-refractivity contribution in [3.8, 4) is 34.5 Å². The van der Waals surface area contributed by atoms with Gasteiger partial charge in [0, 0.05) is 36.4 Å². The molecule has 0 saturated carbocycles. The SMILES string of the molecule is COc1cc(C(=O)N2[C@@H]3CCCCCCCCO[C@H]4CC[C@@H](CCCCCCCCO[C@@H](CC3)[C@@H]2C)N(C(=O)c2cc(OC)c(OC)c(OC)c2)[C@H]4C)cc(OC)c1OC. The van der Waals surface area contributed by atoms with Gasteiger partial charge in [0.15, 0.2) is 23.0 Å². The lowest BCUT2D eigenvalue weighted by Gasteiger charge is -2.45. The molecule has 0 N–H and O–H groups in total. The van der Waals surface area contributed by atoms with Gasteiger partial charge in [0.2, 0.25) is 11.5 Å². The number of methoxy groups -OCH3 is 6. The van der Waals surface area contributed by atoms with Gasteiger partial charge in [0.1, 0.15) is 0 Å². The number of hydrogen-bond acceptors (Lipinski definition) is 10. The van der Waals surface area contributed by atoms with Crippen LogP contribution in [0, 0.1) is 0 Å². The summed E-state index contributed by atoms with van der Waals surface area (Å²) >= 11 is 0. The number of benzene rings is 2. The Labute approximate surface area is 359 Å². The third kappa shape index (κ3) is 11.7. The van der Waals surface area contributed by atoms with Crippen molar-refractivity contribution in [3.05, 3.63) is 35.4 Å². The van der Waals surface area contributed by atoms with Crippen LogP contribution in [0.2, 0.25) is 0 Å². The summed E-state index contributed by atoms with van der Waals surface area (Å²) in [7, 11) is 9.46. The van der Waals surface area contributed by atoms with E-state index in [4.69, 9.17) is 37.9 Å². The molecule has 60 heavy (non-hydrogen) atoms. The van der Waals surface area contributed by atoms with Gasteiger partial charge in [-0.1, -0.05) is 64.2 Å². The molecule has 336 valence electrons. The molecule has 6 heterocycles. The largest absolute Gasteiger partial charge is 0.493 e. The summed E-state index contributed by atoms with van der Waals surface area (Å²) in [6.45, 7) is 5.67. The van der Waals surface area contributed by atoms with Crippen molar-refractivity contribution < 1.29 is 47.5 Å². The normalized spacial score (nSPS) is 25.6. The number of carbonyl (C=O) groups is 2. The molecule has 0 aliphatic carbocycles. The van der Waals surface area contributed by atoms with E-state index in [1.165, 1.54) is 0 Å². The number of rotatable bonds is 8. The van der Waals surface area contributed by atoms with Gasteiger partial charge >= 0.3 is 0 Å². The number of hydrogen-bond donors (Lipinski definition) is 0. The van der Waals surface area contributed by atoms with E-state index in [0.717, 1.165) is 116 Å². The third-order valence-corrected chi connectivity index (χ3v) is 13.1. The van der Waals surface area contributed by atoms with Crippen LogP contribution in [0.4, 0.5) is 0 Å². The monoisotopic (exact) mass is 839 g/mol. The first-order valence-corrected chi connectivity index (χ1v) is 22.7. The molecule has 12 nitrogen and oxygen atoms in total. The summed E-state index contributed by atoms with van der Waals surface area (Å²) in [4.78, 5) is 33.0. The highest BCUT2D eigenvalue weighted by molar-refractivity contribution is 5.97. The van der Waals surface area contributed by atoms with Gasteiger partial charge in [0.05, 0.1) is 67.0 Å². The molecule has 6 aliphatic rings. The number of ether oxygens (including phenoxy) is 8. The Kier molecular flexibility index (Phi) is 18.8. The summed E-state index contributed by atoms with van der Waals surface area (Å²) in [6, 6.07) is 7.21.